The highest BCUT2D eigenvalue weighted by Crippen LogP contribution is 2.22. The molecule has 0 radical (unpaired) electrons. The molecule has 120 valence electrons. The van der Waals surface area contributed by atoms with Crippen LogP contribution in [0.2, 0.25) is 0 Å². The lowest BCUT2D eigenvalue weighted by atomic mass is 10.2. The van der Waals surface area contributed by atoms with Crippen molar-refractivity contribution >= 4 is 21.4 Å². The van der Waals surface area contributed by atoms with Crippen LogP contribution in [0.1, 0.15) is 23.5 Å². The molecule has 2 aromatic rings. The number of nitrogens with one attached hydrogen (secondary N) is 1. The molecule has 0 aliphatic carbocycles. The Bertz CT molecular complexity index is 711. The van der Waals surface area contributed by atoms with Gasteiger partial charge in [0.15, 0.2) is 0 Å². The lowest BCUT2D eigenvalue weighted by Gasteiger charge is -2.12. The maximum absolute atomic E-state index is 12.3. The van der Waals surface area contributed by atoms with Crippen molar-refractivity contribution in [3.63, 3.8) is 0 Å². The average molecular weight is 341 g/mol. The van der Waals surface area contributed by atoms with E-state index in [4.69, 9.17) is 4.74 Å². The van der Waals surface area contributed by atoms with Crippen LogP contribution >= 0.6 is 11.3 Å². The zero-order valence-corrected chi connectivity index (χ0v) is 14.1. The molecule has 0 saturated heterocycles. The summed E-state index contributed by atoms with van der Waals surface area (Å²) in [4.78, 5) is 0.886. The number of aliphatic hydroxyl groups is 1. The lowest BCUT2D eigenvalue weighted by molar-refractivity contribution is 0.186. The standard InChI is InChI=1S/C15H19NO4S2/c1-3-20-14-7-6-12(9-11(14)2)22(18,19)16-10-13(17)15-5-4-8-21-15/h4-9,13,16-17H,3,10H2,1-2H3/t13-/m1/s1. The first-order valence-electron chi connectivity index (χ1n) is 6.88. The molecule has 0 saturated carbocycles. The third-order valence-corrected chi connectivity index (χ3v) is 5.49. The summed E-state index contributed by atoms with van der Waals surface area (Å²) in [5, 5.41) is 11.8. The number of hydrogen-bond donors (Lipinski definition) is 2. The molecule has 0 aliphatic heterocycles. The maximum atomic E-state index is 12.3. The predicted octanol–water partition coefficient (Wildman–Crippen LogP) is 2.47. The van der Waals surface area contributed by atoms with E-state index in [1.807, 2.05) is 18.4 Å². The number of benzene rings is 1. The molecule has 5 nitrogen and oxygen atoms in total. The molecule has 2 N–H and O–H groups in total. The Hall–Kier alpha value is -1.41. The summed E-state index contributed by atoms with van der Waals surface area (Å²) in [6.07, 6.45) is -0.849. The smallest absolute Gasteiger partial charge is 0.240 e. The number of hydrogen-bond acceptors (Lipinski definition) is 5. The lowest BCUT2D eigenvalue weighted by Crippen LogP contribution is -2.28. The predicted molar refractivity (Wildman–Crippen MR) is 86.8 cm³/mol. The van der Waals surface area contributed by atoms with Gasteiger partial charge in [0.25, 0.3) is 0 Å². The molecular formula is C15H19NO4S2. The molecular weight excluding hydrogens is 322 g/mol. The molecule has 1 aromatic heterocycles. The molecule has 1 aromatic carbocycles. The van der Waals surface area contributed by atoms with Gasteiger partial charge in [-0.25, -0.2) is 13.1 Å². The van der Waals surface area contributed by atoms with E-state index in [0.717, 1.165) is 10.4 Å². The van der Waals surface area contributed by atoms with Gasteiger partial charge in [-0.1, -0.05) is 6.07 Å². The molecule has 22 heavy (non-hydrogen) atoms. The quantitative estimate of drug-likeness (QED) is 0.811. The van der Waals surface area contributed by atoms with Crippen molar-refractivity contribution in [1.29, 1.82) is 0 Å². The van der Waals surface area contributed by atoms with Crippen molar-refractivity contribution < 1.29 is 18.3 Å². The Morgan fingerprint density at radius 2 is 2.14 bits per heavy atom. The first kappa shape index (κ1) is 17.0. The van der Waals surface area contributed by atoms with E-state index in [0.29, 0.717) is 12.4 Å². The van der Waals surface area contributed by atoms with Gasteiger partial charge >= 0.3 is 0 Å². The van der Waals surface area contributed by atoms with E-state index in [-0.39, 0.29) is 11.4 Å². The fraction of sp³-hybridized carbons (Fsp3) is 0.333. The summed E-state index contributed by atoms with van der Waals surface area (Å²) in [6.45, 7) is 4.13. The third kappa shape index (κ3) is 4.07. The highest BCUT2D eigenvalue weighted by atomic mass is 32.2. The van der Waals surface area contributed by atoms with Gasteiger partial charge in [-0.15, -0.1) is 11.3 Å². The molecule has 2 rings (SSSR count). The van der Waals surface area contributed by atoms with Crippen molar-refractivity contribution in [2.75, 3.05) is 13.2 Å². The molecule has 1 atom stereocenters. The van der Waals surface area contributed by atoms with E-state index in [9.17, 15) is 13.5 Å². The maximum Gasteiger partial charge on any atom is 0.240 e. The van der Waals surface area contributed by atoms with Crippen LogP contribution < -0.4 is 9.46 Å². The van der Waals surface area contributed by atoms with Crippen molar-refractivity contribution in [3.8, 4) is 5.75 Å². The number of rotatable bonds is 7. The number of aryl methyl sites for hydroxylation is 1. The minimum absolute atomic E-state index is 0.0604. The van der Waals surface area contributed by atoms with Gasteiger partial charge in [0.1, 0.15) is 11.9 Å². The van der Waals surface area contributed by atoms with Crippen molar-refractivity contribution in [2.45, 2.75) is 24.8 Å². The van der Waals surface area contributed by atoms with Crippen molar-refractivity contribution in [3.05, 3.63) is 46.2 Å². The normalized spacial score (nSPS) is 13.0. The molecule has 0 unspecified atom stereocenters. The number of sulfonamides is 1. The van der Waals surface area contributed by atoms with Crippen LogP contribution in [0.15, 0.2) is 40.6 Å². The van der Waals surface area contributed by atoms with Gasteiger partial charge in [0.05, 0.1) is 11.5 Å². The monoisotopic (exact) mass is 341 g/mol. The second kappa shape index (κ2) is 7.23. The molecule has 0 fully saturated rings. The van der Waals surface area contributed by atoms with Crippen LogP contribution in [-0.4, -0.2) is 26.7 Å². The fourth-order valence-electron chi connectivity index (χ4n) is 1.96. The summed E-state index contributed by atoms with van der Waals surface area (Å²) in [5.41, 5.74) is 0.753. The van der Waals surface area contributed by atoms with Gasteiger partial charge in [-0.2, -0.15) is 0 Å². The van der Waals surface area contributed by atoms with E-state index >= 15 is 0 Å². The Morgan fingerprint density at radius 3 is 2.73 bits per heavy atom. The number of thiophene rings is 1. The zero-order chi connectivity index (χ0) is 16.2. The van der Waals surface area contributed by atoms with Crippen LogP contribution in [0.3, 0.4) is 0 Å². The van der Waals surface area contributed by atoms with Gasteiger partial charge in [0.2, 0.25) is 10.0 Å². The van der Waals surface area contributed by atoms with Crippen LogP contribution in [0.25, 0.3) is 0 Å². The second-order valence-electron chi connectivity index (χ2n) is 4.74. The third-order valence-electron chi connectivity index (χ3n) is 3.09. The van der Waals surface area contributed by atoms with Gasteiger partial charge in [-0.05, 0) is 49.1 Å². The first-order chi connectivity index (χ1) is 10.4. The Labute approximate surface area is 134 Å². The Balaban J connectivity index is 2.08. The van der Waals surface area contributed by atoms with Crippen molar-refractivity contribution in [1.82, 2.24) is 4.72 Å². The van der Waals surface area contributed by atoms with E-state index in [2.05, 4.69) is 4.72 Å². The minimum atomic E-state index is -3.66. The number of aliphatic hydroxyl groups excluding tert-OH is 1. The first-order valence-corrected chi connectivity index (χ1v) is 9.25. The van der Waals surface area contributed by atoms with Crippen LogP contribution in [0.4, 0.5) is 0 Å². The van der Waals surface area contributed by atoms with Crippen LogP contribution in [0, 0.1) is 6.92 Å². The SMILES string of the molecule is CCOc1ccc(S(=O)(=O)NC[C@@H](O)c2cccs2)cc1C. The van der Waals surface area contributed by atoms with Gasteiger partial charge < -0.3 is 9.84 Å². The van der Waals surface area contributed by atoms with E-state index in [1.165, 1.54) is 17.4 Å². The highest BCUT2D eigenvalue weighted by molar-refractivity contribution is 7.89. The Morgan fingerprint density at radius 1 is 1.36 bits per heavy atom. The molecule has 7 heteroatoms. The summed E-state index contributed by atoms with van der Waals surface area (Å²) >= 11 is 1.39. The fourth-order valence-corrected chi connectivity index (χ4v) is 3.79. The minimum Gasteiger partial charge on any atom is -0.494 e. The van der Waals surface area contributed by atoms with Gasteiger partial charge in [0, 0.05) is 11.4 Å². The molecule has 0 amide bonds. The van der Waals surface area contributed by atoms with Crippen LogP contribution in [-0.2, 0) is 10.0 Å². The average Bonchev–Trinajstić information content (AvgIpc) is 3.01. The van der Waals surface area contributed by atoms with Crippen molar-refractivity contribution in [2.24, 2.45) is 0 Å². The number of ether oxygens (including phenoxy) is 1. The summed E-state index contributed by atoms with van der Waals surface area (Å²) in [7, 11) is -3.66. The van der Waals surface area contributed by atoms with E-state index < -0.39 is 16.1 Å². The zero-order valence-electron chi connectivity index (χ0n) is 12.4. The van der Waals surface area contributed by atoms with Crippen LogP contribution in [0.5, 0.6) is 5.75 Å². The summed E-state index contributed by atoms with van der Waals surface area (Å²) < 4.78 is 32.4. The summed E-state index contributed by atoms with van der Waals surface area (Å²) in [6, 6.07) is 8.28. The topological polar surface area (TPSA) is 75.6 Å². The second-order valence-corrected chi connectivity index (χ2v) is 7.49. The molecule has 0 spiro atoms. The highest BCUT2D eigenvalue weighted by Gasteiger charge is 2.18. The molecule has 0 bridgehead atoms. The Kier molecular flexibility index (Phi) is 5.57. The summed E-state index contributed by atoms with van der Waals surface area (Å²) in [5.74, 6) is 0.667. The molecule has 0 aliphatic rings. The van der Waals surface area contributed by atoms with Gasteiger partial charge in [-0.3, -0.25) is 0 Å². The van der Waals surface area contributed by atoms with E-state index in [1.54, 1.807) is 25.1 Å². The molecule has 1 heterocycles. The largest absolute Gasteiger partial charge is 0.494 e.